The highest BCUT2D eigenvalue weighted by molar-refractivity contribution is 5.80. The molecule has 0 spiro atoms. The van der Waals surface area contributed by atoms with Crippen molar-refractivity contribution in [3.8, 4) is 6.19 Å². The Morgan fingerprint density at radius 1 is 1.54 bits per heavy atom. The standard InChI is InChI=1S/C9H18N4/c1-8(2)5-4-6-12-9(11-3)13-7-10/h8H,4-6H2,1-3H3,(H2,11,12,13). The van der Waals surface area contributed by atoms with Crippen molar-refractivity contribution in [2.24, 2.45) is 10.9 Å². The summed E-state index contributed by atoms with van der Waals surface area (Å²) in [6.07, 6.45) is 4.12. The first-order valence-electron chi connectivity index (χ1n) is 4.56. The van der Waals surface area contributed by atoms with Gasteiger partial charge in [0.05, 0.1) is 0 Å². The Bertz CT molecular complexity index is 190. The van der Waals surface area contributed by atoms with Gasteiger partial charge in [-0.2, -0.15) is 5.26 Å². The van der Waals surface area contributed by atoms with Gasteiger partial charge in [0.15, 0.2) is 6.19 Å². The molecular formula is C9H18N4. The molecule has 0 radical (unpaired) electrons. The summed E-state index contributed by atoms with van der Waals surface area (Å²) in [6, 6.07) is 0. The minimum Gasteiger partial charge on any atom is -0.356 e. The number of nitrogens with zero attached hydrogens (tertiary/aromatic N) is 2. The maximum absolute atomic E-state index is 8.33. The first-order valence-corrected chi connectivity index (χ1v) is 4.56. The molecule has 4 heteroatoms. The van der Waals surface area contributed by atoms with Crippen LogP contribution in [0, 0.1) is 17.4 Å². The summed E-state index contributed by atoms with van der Waals surface area (Å²) < 4.78 is 0. The maximum Gasteiger partial charge on any atom is 0.204 e. The summed E-state index contributed by atoms with van der Waals surface area (Å²) in [4.78, 5) is 3.87. The van der Waals surface area contributed by atoms with E-state index in [9.17, 15) is 0 Å². The van der Waals surface area contributed by atoms with Gasteiger partial charge in [-0.3, -0.25) is 10.3 Å². The van der Waals surface area contributed by atoms with Crippen LogP contribution >= 0.6 is 0 Å². The van der Waals surface area contributed by atoms with Crippen molar-refractivity contribution in [3.63, 3.8) is 0 Å². The Morgan fingerprint density at radius 3 is 2.69 bits per heavy atom. The van der Waals surface area contributed by atoms with E-state index in [-0.39, 0.29) is 0 Å². The van der Waals surface area contributed by atoms with Gasteiger partial charge < -0.3 is 5.32 Å². The van der Waals surface area contributed by atoms with Crippen molar-refractivity contribution < 1.29 is 0 Å². The zero-order valence-electron chi connectivity index (χ0n) is 8.59. The van der Waals surface area contributed by atoms with Crippen LogP contribution in [0.1, 0.15) is 26.7 Å². The average molecular weight is 182 g/mol. The molecule has 0 aliphatic rings. The van der Waals surface area contributed by atoms with Crippen LogP contribution in [0.3, 0.4) is 0 Å². The molecule has 0 amide bonds. The summed E-state index contributed by atoms with van der Waals surface area (Å²) in [5.74, 6) is 1.28. The van der Waals surface area contributed by atoms with E-state index in [1.54, 1.807) is 7.05 Å². The summed E-state index contributed by atoms with van der Waals surface area (Å²) >= 11 is 0. The second-order valence-corrected chi connectivity index (χ2v) is 3.27. The highest BCUT2D eigenvalue weighted by atomic mass is 15.2. The molecule has 0 atom stereocenters. The normalized spacial score (nSPS) is 11.2. The monoisotopic (exact) mass is 182 g/mol. The lowest BCUT2D eigenvalue weighted by molar-refractivity contribution is 0.550. The van der Waals surface area contributed by atoms with Crippen LogP contribution in [0.2, 0.25) is 0 Å². The second-order valence-electron chi connectivity index (χ2n) is 3.27. The minimum absolute atomic E-state index is 0.547. The average Bonchev–Trinajstić information content (AvgIpc) is 2.10. The molecule has 0 aromatic rings. The van der Waals surface area contributed by atoms with Gasteiger partial charge in [-0.05, 0) is 18.8 Å². The van der Waals surface area contributed by atoms with E-state index in [2.05, 4.69) is 29.5 Å². The van der Waals surface area contributed by atoms with Crippen LogP contribution in [-0.2, 0) is 0 Å². The van der Waals surface area contributed by atoms with Crippen molar-refractivity contribution in [2.45, 2.75) is 26.7 Å². The minimum atomic E-state index is 0.547. The topological polar surface area (TPSA) is 60.2 Å². The van der Waals surface area contributed by atoms with Crippen molar-refractivity contribution in [3.05, 3.63) is 0 Å². The molecule has 0 aromatic heterocycles. The molecule has 0 heterocycles. The van der Waals surface area contributed by atoms with Gasteiger partial charge in [-0.15, -0.1) is 0 Å². The molecule has 0 saturated heterocycles. The molecule has 2 N–H and O–H groups in total. The number of nitriles is 1. The zero-order chi connectivity index (χ0) is 10.1. The van der Waals surface area contributed by atoms with Gasteiger partial charge in [0.2, 0.25) is 5.96 Å². The van der Waals surface area contributed by atoms with E-state index in [4.69, 9.17) is 5.26 Å². The molecule has 0 aromatic carbocycles. The van der Waals surface area contributed by atoms with Crippen LogP contribution in [0.4, 0.5) is 0 Å². The first kappa shape index (κ1) is 11.8. The smallest absolute Gasteiger partial charge is 0.204 e. The molecule has 74 valence electrons. The first-order chi connectivity index (χ1) is 6.20. The third-order valence-electron chi connectivity index (χ3n) is 1.65. The summed E-state index contributed by atoms with van der Waals surface area (Å²) in [5.41, 5.74) is 0. The molecule has 0 rings (SSSR count). The van der Waals surface area contributed by atoms with E-state index in [0.717, 1.165) is 18.9 Å². The number of rotatable bonds is 4. The van der Waals surface area contributed by atoms with Crippen molar-refractivity contribution in [2.75, 3.05) is 13.6 Å². The maximum atomic E-state index is 8.33. The molecule has 0 saturated carbocycles. The van der Waals surface area contributed by atoms with E-state index >= 15 is 0 Å². The fourth-order valence-electron chi connectivity index (χ4n) is 0.949. The summed E-state index contributed by atoms with van der Waals surface area (Å²) in [5, 5.41) is 13.8. The lowest BCUT2D eigenvalue weighted by Crippen LogP contribution is -2.34. The third kappa shape index (κ3) is 7.13. The van der Waals surface area contributed by atoms with E-state index < -0.39 is 0 Å². The molecule has 13 heavy (non-hydrogen) atoms. The lowest BCUT2D eigenvalue weighted by atomic mass is 10.1. The summed E-state index contributed by atoms with van der Waals surface area (Å²) in [7, 11) is 1.65. The Kier molecular flexibility index (Phi) is 6.70. The Labute approximate surface area is 80.0 Å². The predicted octanol–water partition coefficient (Wildman–Crippen LogP) is 1.07. The number of aliphatic imine (C=N–C) groups is 1. The van der Waals surface area contributed by atoms with E-state index in [1.165, 1.54) is 6.42 Å². The van der Waals surface area contributed by atoms with Gasteiger partial charge in [0, 0.05) is 13.6 Å². The summed E-state index contributed by atoms with van der Waals surface area (Å²) in [6.45, 7) is 5.25. The number of nitrogens with one attached hydrogen (secondary N) is 2. The van der Waals surface area contributed by atoms with E-state index in [0.29, 0.717) is 5.96 Å². The highest BCUT2D eigenvalue weighted by Crippen LogP contribution is 2.01. The zero-order valence-corrected chi connectivity index (χ0v) is 8.59. The van der Waals surface area contributed by atoms with Crippen molar-refractivity contribution in [1.29, 1.82) is 5.26 Å². The van der Waals surface area contributed by atoms with Crippen LogP contribution in [0.5, 0.6) is 0 Å². The van der Waals surface area contributed by atoms with Crippen LogP contribution < -0.4 is 10.6 Å². The molecule has 0 unspecified atom stereocenters. The number of hydrogen-bond donors (Lipinski definition) is 2. The lowest BCUT2D eigenvalue weighted by Gasteiger charge is -2.07. The van der Waals surface area contributed by atoms with Crippen molar-refractivity contribution >= 4 is 5.96 Å². The molecule has 0 fully saturated rings. The largest absolute Gasteiger partial charge is 0.356 e. The fourth-order valence-corrected chi connectivity index (χ4v) is 0.949. The van der Waals surface area contributed by atoms with Gasteiger partial charge >= 0.3 is 0 Å². The SMILES string of the molecule is CN=C(NC#N)NCCCC(C)C. The molecule has 4 nitrogen and oxygen atoms in total. The van der Waals surface area contributed by atoms with Gasteiger partial charge in [0.1, 0.15) is 0 Å². The van der Waals surface area contributed by atoms with Crippen LogP contribution in [0.25, 0.3) is 0 Å². The Morgan fingerprint density at radius 2 is 2.23 bits per heavy atom. The quantitative estimate of drug-likeness (QED) is 0.225. The second kappa shape index (κ2) is 7.41. The highest BCUT2D eigenvalue weighted by Gasteiger charge is 1.96. The molecule has 0 bridgehead atoms. The fraction of sp³-hybridized carbons (Fsp3) is 0.778. The molecule has 0 aliphatic heterocycles. The van der Waals surface area contributed by atoms with Crippen LogP contribution in [-0.4, -0.2) is 19.6 Å². The Balaban J connectivity index is 3.46. The molecule has 0 aliphatic carbocycles. The van der Waals surface area contributed by atoms with Crippen LogP contribution in [0.15, 0.2) is 4.99 Å². The van der Waals surface area contributed by atoms with Crippen molar-refractivity contribution in [1.82, 2.24) is 10.6 Å². The predicted molar refractivity (Wildman–Crippen MR) is 54.2 cm³/mol. The van der Waals surface area contributed by atoms with E-state index in [1.807, 2.05) is 6.19 Å². The van der Waals surface area contributed by atoms with Gasteiger partial charge in [0.25, 0.3) is 0 Å². The number of hydrogen-bond acceptors (Lipinski definition) is 2. The van der Waals surface area contributed by atoms with Gasteiger partial charge in [-0.1, -0.05) is 13.8 Å². The number of guanidine groups is 1. The molecular weight excluding hydrogens is 164 g/mol. The third-order valence-corrected chi connectivity index (χ3v) is 1.65. The Hall–Kier alpha value is -1.24. The van der Waals surface area contributed by atoms with Gasteiger partial charge in [-0.25, -0.2) is 0 Å².